The molecule has 1 aromatic carbocycles. The highest BCUT2D eigenvalue weighted by molar-refractivity contribution is 5.81. The number of rotatable bonds is 4. The van der Waals surface area contributed by atoms with E-state index >= 15 is 0 Å². The van der Waals surface area contributed by atoms with Crippen LogP contribution in [0.25, 0.3) is 11.0 Å². The molecule has 19 heavy (non-hydrogen) atoms. The lowest BCUT2D eigenvalue weighted by Crippen LogP contribution is -2.39. The molecule has 2 rings (SSSR count). The van der Waals surface area contributed by atoms with Gasteiger partial charge in [0.2, 0.25) is 0 Å². The van der Waals surface area contributed by atoms with Gasteiger partial charge in [0, 0.05) is 17.5 Å². The highest BCUT2D eigenvalue weighted by Crippen LogP contribution is 2.23. The Bertz CT molecular complexity index is 671. The second-order valence-corrected chi connectivity index (χ2v) is 4.24. The third kappa shape index (κ3) is 2.76. The topological polar surface area (TPSA) is 79.6 Å². The third-order valence-electron chi connectivity index (χ3n) is 2.83. The van der Waals surface area contributed by atoms with Gasteiger partial charge >= 0.3 is 5.63 Å². The number of aryl methyl sites for hydroxylation is 1. The molecule has 5 heteroatoms. The van der Waals surface area contributed by atoms with Gasteiger partial charge in [-0.25, -0.2) is 4.79 Å². The van der Waals surface area contributed by atoms with Crippen LogP contribution in [0.5, 0.6) is 5.75 Å². The van der Waals surface area contributed by atoms with Gasteiger partial charge in [-0.1, -0.05) is 6.92 Å². The molecule has 100 valence electrons. The van der Waals surface area contributed by atoms with E-state index in [0.29, 0.717) is 11.3 Å². The van der Waals surface area contributed by atoms with E-state index in [0.717, 1.165) is 10.9 Å². The van der Waals surface area contributed by atoms with E-state index in [1.165, 1.54) is 12.1 Å². The summed E-state index contributed by atoms with van der Waals surface area (Å²) < 4.78 is 10.3. The second kappa shape index (κ2) is 5.14. The van der Waals surface area contributed by atoms with Crippen LogP contribution in [0.15, 0.2) is 33.5 Å². The van der Waals surface area contributed by atoms with E-state index in [9.17, 15) is 14.7 Å². The van der Waals surface area contributed by atoms with Gasteiger partial charge in [-0.3, -0.25) is 0 Å². The molecule has 2 aromatic rings. The summed E-state index contributed by atoms with van der Waals surface area (Å²) in [5.74, 6) is -0.939. The summed E-state index contributed by atoms with van der Waals surface area (Å²) in [5.41, 5.74) is 0.717. The van der Waals surface area contributed by atoms with Gasteiger partial charge in [0.25, 0.3) is 0 Å². The van der Waals surface area contributed by atoms with Crippen LogP contribution < -0.4 is 15.5 Å². The Morgan fingerprint density at radius 3 is 2.79 bits per heavy atom. The minimum absolute atomic E-state index is 0.290. The fourth-order valence-electron chi connectivity index (χ4n) is 1.84. The molecule has 0 amide bonds. The molecule has 0 N–H and O–H groups in total. The molecule has 0 saturated heterocycles. The highest BCUT2D eigenvalue weighted by Gasteiger charge is 2.10. The number of carboxylic acid groups (broad SMARTS) is 1. The zero-order valence-corrected chi connectivity index (χ0v) is 10.6. The van der Waals surface area contributed by atoms with Crippen molar-refractivity contribution in [3.63, 3.8) is 0 Å². The summed E-state index contributed by atoms with van der Waals surface area (Å²) in [7, 11) is 0. The number of carbonyl (C=O) groups is 1. The fraction of sp³-hybridized carbons (Fsp3) is 0.286. The standard InChI is InChI=1S/C14H14O5/c1-3-11(14(16)17)18-9-4-5-10-8(2)6-13(15)19-12(10)7-9/h4-7,11H,3H2,1-2H3,(H,16,17)/p-1/t11-/m1/s1. The van der Waals surface area contributed by atoms with Crippen molar-refractivity contribution in [2.45, 2.75) is 26.4 Å². The monoisotopic (exact) mass is 261 g/mol. The molecule has 0 fully saturated rings. The Balaban J connectivity index is 2.41. The summed E-state index contributed by atoms with van der Waals surface area (Å²) in [5, 5.41) is 11.6. The van der Waals surface area contributed by atoms with Crippen LogP contribution in [-0.4, -0.2) is 12.1 Å². The predicted octanol–water partition coefficient (Wildman–Crippen LogP) is 1.01. The number of benzene rings is 1. The van der Waals surface area contributed by atoms with E-state index in [1.54, 1.807) is 26.0 Å². The molecule has 0 aliphatic heterocycles. The number of aliphatic carboxylic acids is 1. The van der Waals surface area contributed by atoms with Crippen molar-refractivity contribution in [1.82, 2.24) is 0 Å². The van der Waals surface area contributed by atoms with Crippen LogP contribution in [0.1, 0.15) is 18.9 Å². The minimum atomic E-state index is -1.27. The summed E-state index contributed by atoms with van der Waals surface area (Å²) in [6, 6.07) is 6.28. The van der Waals surface area contributed by atoms with Crippen molar-refractivity contribution < 1.29 is 19.1 Å². The molecular formula is C14H13O5-. The van der Waals surface area contributed by atoms with E-state index in [2.05, 4.69) is 0 Å². The van der Waals surface area contributed by atoms with Gasteiger partial charge in [-0.05, 0) is 31.0 Å². The Morgan fingerprint density at radius 2 is 2.16 bits per heavy atom. The summed E-state index contributed by atoms with van der Waals surface area (Å²) in [4.78, 5) is 22.1. The fourth-order valence-corrected chi connectivity index (χ4v) is 1.84. The number of fused-ring (bicyclic) bond motifs is 1. The zero-order valence-electron chi connectivity index (χ0n) is 10.6. The van der Waals surface area contributed by atoms with Crippen LogP contribution >= 0.6 is 0 Å². The van der Waals surface area contributed by atoms with Crippen molar-refractivity contribution in [3.8, 4) is 5.75 Å². The first-order valence-corrected chi connectivity index (χ1v) is 5.93. The van der Waals surface area contributed by atoms with Gasteiger partial charge in [-0.2, -0.15) is 0 Å². The summed E-state index contributed by atoms with van der Waals surface area (Å²) >= 11 is 0. The number of hydrogen-bond acceptors (Lipinski definition) is 5. The maximum atomic E-state index is 11.3. The zero-order chi connectivity index (χ0) is 14.0. The molecule has 5 nitrogen and oxygen atoms in total. The molecule has 0 saturated carbocycles. The number of hydrogen-bond donors (Lipinski definition) is 0. The molecule has 0 bridgehead atoms. The van der Waals surface area contributed by atoms with Gasteiger partial charge < -0.3 is 19.1 Å². The van der Waals surface area contributed by atoms with Gasteiger partial charge in [0.1, 0.15) is 17.4 Å². The minimum Gasteiger partial charge on any atom is -0.546 e. The lowest BCUT2D eigenvalue weighted by Gasteiger charge is -2.18. The normalized spacial score (nSPS) is 12.3. The molecule has 1 atom stereocenters. The average molecular weight is 261 g/mol. The van der Waals surface area contributed by atoms with Crippen LogP contribution in [-0.2, 0) is 4.79 Å². The number of carbonyl (C=O) groups excluding carboxylic acids is 1. The number of carboxylic acids is 1. The lowest BCUT2D eigenvalue weighted by molar-refractivity contribution is -0.313. The molecule has 0 radical (unpaired) electrons. The van der Waals surface area contributed by atoms with Gasteiger partial charge in [0.15, 0.2) is 0 Å². The van der Waals surface area contributed by atoms with E-state index < -0.39 is 17.7 Å². The lowest BCUT2D eigenvalue weighted by atomic mass is 10.1. The Morgan fingerprint density at radius 1 is 1.42 bits per heavy atom. The van der Waals surface area contributed by atoms with Crippen molar-refractivity contribution in [2.75, 3.05) is 0 Å². The molecule has 0 unspecified atom stereocenters. The first-order valence-electron chi connectivity index (χ1n) is 5.93. The van der Waals surface area contributed by atoms with Crippen molar-refractivity contribution in [1.29, 1.82) is 0 Å². The summed E-state index contributed by atoms with van der Waals surface area (Å²) in [6.07, 6.45) is -0.730. The quantitative estimate of drug-likeness (QED) is 0.767. The van der Waals surface area contributed by atoms with Crippen LogP contribution in [0, 0.1) is 6.92 Å². The third-order valence-corrected chi connectivity index (χ3v) is 2.83. The molecule has 0 aliphatic rings. The average Bonchev–Trinajstić information content (AvgIpc) is 2.34. The van der Waals surface area contributed by atoms with E-state index in [4.69, 9.17) is 9.15 Å². The van der Waals surface area contributed by atoms with E-state index in [-0.39, 0.29) is 6.42 Å². The predicted molar refractivity (Wildman–Crippen MR) is 66.9 cm³/mol. The van der Waals surface area contributed by atoms with Crippen molar-refractivity contribution >= 4 is 16.9 Å². The molecule has 0 aliphatic carbocycles. The second-order valence-electron chi connectivity index (χ2n) is 4.24. The Labute approximate surface area is 109 Å². The summed E-state index contributed by atoms with van der Waals surface area (Å²) in [6.45, 7) is 3.49. The maximum absolute atomic E-state index is 11.3. The van der Waals surface area contributed by atoms with Crippen molar-refractivity contribution in [3.05, 3.63) is 40.2 Å². The highest BCUT2D eigenvalue weighted by atomic mass is 16.5. The first-order chi connectivity index (χ1) is 9.01. The smallest absolute Gasteiger partial charge is 0.336 e. The van der Waals surface area contributed by atoms with Gasteiger partial charge in [0.05, 0.1) is 5.97 Å². The SMILES string of the molecule is CC[C@@H](Oc1ccc2c(C)cc(=O)oc2c1)C(=O)[O-]. The molecular weight excluding hydrogens is 248 g/mol. The van der Waals surface area contributed by atoms with Crippen molar-refractivity contribution in [2.24, 2.45) is 0 Å². The van der Waals surface area contributed by atoms with Crippen LogP contribution in [0.3, 0.4) is 0 Å². The first kappa shape index (κ1) is 13.1. The number of ether oxygens (including phenoxy) is 1. The molecule has 1 heterocycles. The maximum Gasteiger partial charge on any atom is 0.336 e. The Kier molecular flexibility index (Phi) is 3.55. The Hall–Kier alpha value is -2.30. The molecule has 1 aromatic heterocycles. The van der Waals surface area contributed by atoms with Crippen LogP contribution in [0.2, 0.25) is 0 Å². The van der Waals surface area contributed by atoms with Gasteiger partial charge in [-0.15, -0.1) is 0 Å². The van der Waals surface area contributed by atoms with E-state index in [1.807, 2.05) is 0 Å². The molecule has 0 spiro atoms. The largest absolute Gasteiger partial charge is 0.546 e. The van der Waals surface area contributed by atoms with Crippen LogP contribution in [0.4, 0.5) is 0 Å².